The highest BCUT2D eigenvalue weighted by atomic mass is 32.2. The monoisotopic (exact) mass is 256 g/mol. The first kappa shape index (κ1) is 13.2. The van der Waals surface area contributed by atoms with Gasteiger partial charge in [0.2, 0.25) is 5.91 Å². The van der Waals surface area contributed by atoms with Gasteiger partial charge in [-0.2, -0.15) is 11.8 Å². The van der Waals surface area contributed by atoms with E-state index in [0.29, 0.717) is 5.92 Å². The molecule has 3 nitrogen and oxygen atoms in total. The molecule has 98 valence electrons. The fourth-order valence-electron chi connectivity index (χ4n) is 2.61. The maximum absolute atomic E-state index is 12.2. The molecule has 2 fully saturated rings. The van der Waals surface area contributed by atoms with Gasteiger partial charge < -0.3 is 10.6 Å². The molecule has 1 amide bonds. The summed E-state index contributed by atoms with van der Waals surface area (Å²) in [5, 5.41) is 6.50. The van der Waals surface area contributed by atoms with Crippen LogP contribution in [-0.4, -0.2) is 37.0 Å². The highest BCUT2D eigenvalue weighted by Crippen LogP contribution is 2.28. The third-order valence-corrected chi connectivity index (χ3v) is 5.20. The highest BCUT2D eigenvalue weighted by molar-refractivity contribution is 7.99. The number of hydrogen-bond acceptors (Lipinski definition) is 3. The zero-order valence-electron chi connectivity index (χ0n) is 10.8. The van der Waals surface area contributed by atoms with Gasteiger partial charge in [-0.25, -0.2) is 0 Å². The summed E-state index contributed by atoms with van der Waals surface area (Å²) in [7, 11) is 0. The number of nitrogens with one attached hydrogen (secondary N) is 2. The number of rotatable bonds is 3. The minimum atomic E-state index is -0.130. The van der Waals surface area contributed by atoms with E-state index >= 15 is 0 Å². The molecule has 17 heavy (non-hydrogen) atoms. The van der Waals surface area contributed by atoms with Crippen LogP contribution in [0.4, 0.5) is 0 Å². The molecule has 0 spiro atoms. The predicted molar refractivity (Wildman–Crippen MR) is 73.3 cm³/mol. The average Bonchev–Trinajstić information content (AvgIpc) is 2.38. The van der Waals surface area contributed by atoms with E-state index in [1.54, 1.807) is 0 Å². The van der Waals surface area contributed by atoms with Crippen LogP contribution >= 0.6 is 11.8 Å². The number of carbonyl (C=O) groups excluding carboxylic acids is 1. The van der Waals surface area contributed by atoms with Gasteiger partial charge in [-0.3, -0.25) is 4.79 Å². The lowest BCUT2D eigenvalue weighted by atomic mass is 9.80. The van der Waals surface area contributed by atoms with Crippen LogP contribution in [0.25, 0.3) is 0 Å². The maximum atomic E-state index is 12.2. The molecule has 0 saturated carbocycles. The first-order valence-corrected chi connectivity index (χ1v) is 7.93. The third-order valence-electron chi connectivity index (χ3n) is 4.15. The van der Waals surface area contributed by atoms with Crippen molar-refractivity contribution in [1.82, 2.24) is 10.6 Å². The molecule has 0 aromatic rings. The summed E-state index contributed by atoms with van der Waals surface area (Å²) in [6.07, 6.45) is 4.48. The Hall–Kier alpha value is -0.220. The Kier molecular flexibility index (Phi) is 4.74. The second-order valence-corrected chi connectivity index (χ2v) is 6.80. The molecule has 2 rings (SSSR count). The lowest BCUT2D eigenvalue weighted by Crippen LogP contribution is -2.47. The van der Waals surface area contributed by atoms with E-state index in [4.69, 9.17) is 0 Å². The topological polar surface area (TPSA) is 41.1 Å². The van der Waals surface area contributed by atoms with Crippen LogP contribution in [0, 0.1) is 11.3 Å². The van der Waals surface area contributed by atoms with Crippen molar-refractivity contribution in [2.75, 3.05) is 31.1 Å². The van der Waals surface area contributed by atoms with Gasteiger partial charge in [-0.1, -0.05) is 6.92 Å². The van der Waals surface area contributed by atoms with E-state index in [9.17, 15) is 4.79 Å². The van der Waals surface area contributed by atoms with E-state index in [1.807, 2.05) is 11.8 Å². The quantitative estimate of drug-likeness (QED) is 0.806. The number of hydrogen-bond donors (Lipinski definition) is 2. The molecule has 0 bridgehead atoms. The van der Waals surface area contributed by atoms with Crippen molar-refractivity contribution in [2.45, 2.75) is 32.6 Å². The Morgan fingerprint density at radius 1 is 1.35 bits per heavy atom. The lowest BCUT2D eigenvalue weighted by Gasteiger charge is -2.33. The number of thioether (sulfide) groups is 1. The molecule has 0 unspecified atom stereocenters. The van der Waals surface area contributed by atoms with Gasteiger partial charge in [0.25, 0.3) is 0 Å². The van der Waals surface area contributed by atoms with Gasteiger partial charge in [0.1, 0.15) is 0 Å². The molecule has 0 aromatic carbocycles. The fraction of sp³-hybridized carbons (Fsp3) is 0.923. The molecular formula is C13H24N2OS. The van der Waals surface area contributed by atoms with Crippen molar-refractivity contribution < 1.29 is 4.79 Å². The Morgan fingerprint density at radius 2 is 2.00 bits per heavy atom. The second kappa shape index (κ2) is 6.10. The fourth-order valence-corrected chi connectivity index (χ4v) is 3.81. The van der Waals surface area contributed by atoms with Crippen LogP contribution in [0.2, 0.25) is 0 Å². The van der Waals surface area contributed by atoms with E-state index < -0.39 is 0 Å². The Labute approximate surface area is 108 Å². The minimum Gasteiger partial charge on any atom is -0.355 e. The van der Waals surface area contributed by atoms with Crippen LogP contribution in [0.5, 0.6) is 0 Å². The molecular weight excluding hydrogens is 232 g/mol. The average molecular weight is 256 g/mol. The van der Waals surface area contributed by atoms with Crippen molar-refractivity contribution in [3.63, 3.8) is 0 Å². The van der Waals surface area contributed by atoms with E-state index in [2.05, 4.69) is 17.6 Å². The van der Waals surface area contributed by atoms with Crippen molar-refractivity contribution in [1.29, 1.82) is 0 Å². The Bertz CT molecular complexity index is 258. The van der Waals surface area contributed by atoms with Crippen LogP contribution in [0.3, 0.4) is 0 Å². The third kappa shape index (κ3) is 3.62. The summed E-state index contributed by atoms with van der Waals surface area (Å²) in [4.78, 5) is 12.2. The normalized spacial score (nSPS) is 25.5. The zero-order valence-corrected chi connectivity index (χ0v) is 11.6. The van der Waals surface area contributed by atoms with Crippen molar-refractivity contribution in [2.24, 2.45) is 11.3 Å². The van der Waals surface area contributed by atoms with E-state index in [1.165, 1.54) is 24.3 Å². The van der Waals surface area contributed by atoms with Gasteiger partial charge in [0, 0.05) is 12.0 Å². The molecule has 4 heteroatoms. The van der Waals surface area contributed by atoms with Crippen molar-refractivity contribution >= 4 is 17.7 Å². The number of amides is 1. The molecule has 0 aromatic heterocycles. The number of piperidine rings is 1. The Balaban J connectivity index is 1.75. The smallest absolute Gasteiger partial charge is 0.226 e. The summed E-state index contributed by atoms with van der Waals surface area (Å²) >= 11 is 2.04. The molecule has 2 N–H and O–H groups in total. The lowest BCUT2D eigenvalue weighted by molar-refractivity contribution is -0.131. The standard InChI is InChI=1S/C13H24N2OS/c1-13(4-6-14-7-5-13)12(16)15-10-11-2-8-17-9-3-11/h11,14H,2-10H2,1H3,(H,15,16). The van der Waals surface area contributed by atoms with Crippen LogP contribution < -0.4 is 10.6 Å². The molecule has 0 atom stereocenters. The molecule has 2 aliphatic rings. The van der Waals surface area contributed by atoms with Crippen LogP contribution in [0.15, 0.2) is 0 Å². The summed E-state index contributed by atoms with van der Waals surface area (Å²) in [5.74, 6) is 3.52. The van der Waals surface area contributed by atoms with E-state index in [-0.39, 0.29) is 11.3 Å². The molecule has 0 radical (unpaired) electrons. The van der Waals surface area contributed by atoms with Gasteiger partial charge >= 0.3 is 0 Å². The van der Waals surface area contributed by atoms with E-state index in [0.717, 1.165) is 32.5 Å². The van der Waals surface area contributed by atoms with Crippen LogP contribution in [-0.2, 0) is 4.79 Å². The first-order valence-electron chi connectivity index (χ1n) is 6.77. The summed E-state index contributed by atoms with van der Waals surface area (Å²) in [6, 6.07) is 0. The zero-order chi connectivity index (χ0) is 12.1. The summed E-state index contributed by atoms with van der Waals surface area (Å²) in [6.45, 7) is 4.95. The molecule has 2 heterocycles. The molecule has 2 aliphatic heterocycles. The predicted octanol–water partition coefficient (Wildman–Crippen LogP) is 1.64. The highest BCUT2D eigenvalue weighted by Gasteiger charge is 2.34. The SMILES string of the molecule is CC1(C(=O)NCC2CCSCC2)CCNCC1. The Morgan fingerprint density at radius 3 is 2.65 bits per heavy atom. The summed E-state index contributed by atoms with van der Waals surface area (Å²) in [5.41, 5.74) is -0.130. The second-order valence-electron chi connectivity index (χ2n) is 5.58. The first-order chi connectivity index (χ1) is 8.21. The van der Waals surface area contributed by atoms with Crippen molar-refractivity contribution in [3.05, 3.63) is 0 Å². The summed E-state index contributed by atoms with van der Waals surface area (Å²) < 4.78 is 0. The van der Waals surface area contributed by atoms with Gasteiger partial charge in [0.05, 0.1) is 0 Å². The largest absolute Gasteiger partial charge is 0.355 e. The number of carbonyl (C=O) groups is 1. The van der Waals surface area contributed by atoms with Gasteiger partial charge in [-0.15, -0.1) is 0 Å². The minimum absolute atomic E-state index is 0.130. The maximum Gasteiger partial charge on any atom is 0.226 e. The molecule has 2 saturated heterocycles. The van der Waals surface area contributed by atoms with Crippen LogP contribution in [0.1, 0.15) is 32.6 Å². The van der Waals surface area contributed by atoms with Gasteiger partial charge in [0.15, 0.2) is 0 Å². The van der Waals surface area contributed by atoms with Crippen molar-refractivity contribution in [3.8, 4) is 0 Å². The van der Waals surface area contributed by atoms with Gasteiger partial charge in [-0.05, 0) is 56.2 Å². The molecule has 0 aliphatic carbocycles.